The van der Waals surface area contributed by atoms with Crippen molar-refractivity contribution in [2.24, 2.45) is 0 Å². The fraction of sp³-hybridized carbons (Fsp3) is 0.0476. The fourth-order valence-electron chi connectivity index (χ4n) is 2.74. The molecule has 4 nitrogen and oxygen atoms in total. The number of nitrogens with zero attached hydrogens (tertiary/aromatic N) is 1. The van der Waals surface area contributed by atoms with Crippen LogP contribution in [-0.4, -0.2) is 10.9 Å². The van der Waals surface area contributed by atoms with Gasteiger partial charge in [0.05, 0.1) is 10.0 Å². The Morgan fingerprint density at radius 3 is 2.63 bits per heavy atom. The third kappa shape index (κ3) is 3.68. The summed E-state index contributed by atoms with van der Waals surface area (Å²) in [4.78, 5) is 16.9. The first kappa shape index (κ1) is 17.6. The minimum Gasteiger partial charge on any atom is -0.436 e. The van der Waals surface area contributed by atoms with E-state index in [1.165, 1.54) is 6.07 Å². The molecule has 0 saturated carbocycles. The molecule has 0 aliphatic heterocycles. The van der Waals surface area contributed by atoms with Crippen LogP contribution in [0.3, 0.4) is 0 Å². The van der Waals surface area contributed by atoms with E-state index >= 15 is 0 Å². The highest BCUT2D eigenvalue weighted by Gasteiger charge is 2.12. The van der Waals surface area contributed by atoms with Crippen LogP contribution in [0.15, 0.2) is 65.1 Å². The fourth-order valence-corrected chi connectivity index (χ4v) is 3.04. The smallest absolute Gasteiger partial charge is 0.255 e. The highest BCUT2D eigenvalue weighted by atomic mass is 35.5. The summed E-state index contributed by atoms with van der Waals surface area (Å²) in [5.41, 5.74) is 4.38. The van der Waals surface area contributed by atoms with E-state index in [0.717, 1.165) is 16.6 Å². The molecule has 0 aliphatic rings. The maximum atomic E-state index is 12.4. The second-order valence-electron chi connectivity index (χ2n) is 6.15. The molecule has 1 heterocycles. The summed E-state index contributed by atoms with van der Waals surface area (Å²) in [5.74, 6) is 0.257. The zero-order valence-electron chi connectivity index (χ0n) is 14.3. The summed E-state index contributed by atoms with van der Waals surface area (Å²) in [6, 6.07) is 18.0. The molecular formula is C21H14Cl2N2O2. The van der Waals surface area contributed by atoms with Crippen LogP contribution in [0.4, 0.5) is 5.69 Å². The number of nitrogens with one attached hydrogen (secondary N) is 1. The lowest BCUT2D eigenvalue weighted by atomic mass is 10.1. The number of aromatic nitrogens is 1. The Morgan fingerprint density at radius 2 is 1.85 bits per heavy atom. The monoisotopic (exact) mass is 396 g/mol. The molecule has 0 aliphatic carbocycles. The number of hydrogen-bond acceptors (Lipinski definition) is 3. The molecule has 1 aromatic heterocycles. The van der Waals surface area contributed by atoms with E-state index in [1.54, 1.807) is 24.3 Å². The number of carbonyl (C=O) groups excluding carboxylic acids is 1. The molecule has 0 unspecified atom stereocenters. The molecule has 0 saturated heterocycles. The number of oxazole rings is 1. The second kappa shape index (κ2) is 7.06. The van der Waals surface area contributed by atoms with Gasteiger partial charge in [-0.1, -0.05) is 40.9 Å². The van der Waals surface area contributed by atoms with Crippen molar-refractivity contribution in [1.29, 1.82) is 0 Å². The largest absolute Gasteiger partial charge is 0.436 e. The number of halogens is 2. The van der Waals surface area contributed by atoms with Crippen molar-refractivity contribution in [1.82, 2.24) is 4.98 Å². The number of anilines is 1. The molecular weight excluding hydrogens is 383 g/mol. The van der Waals surface area contributed by atoms with Gasteiger partial charge in [-0.25, -0.2) is 4.98 Å². The molecule has 0 spiro atoms. The first-order valence-electron chi connectivity index (χ1n) is 8.23. The lowest BCUT2D eigenvalue weighted by Crippen LogP contribution is -2.11. The maximum Gasteiger partial charge on any atom is 0.255 e. The van der Waals surface area contributed by atoms with Gasteiger partial charge < -0.3 is 9.73 Å². The minimum atomic E-state index is -0.286. The molecule has 134 valence electrons. The molecule has 4 rings (SSSR count). The van der Waals surface area contributed by atoms with E-state index < -0.39 is 0 Å². The molecule has 0 fully saturated rings. The van der Waals surface area contributed by atoms with Crippen LogP contribution in [0.2, 0.25) is 10.0 Å². The van der Waals surface area contributed by atoms with E-state index in [1.807, 2.05) is 37.3 Å². The molecule has 3 aromatic carbocycles. The average molecular weight is 397 g/mol. The van der Waals surface area contributed by atoms with Crippen LogP contribution in [-0.2, 0) is 0 Å². The van der Waals surface area contributed by atoms with E-state index in [9.17, 15) is 4.79 Å². The standard InChI is InChI=1S/C21H14Cl2N2O2/c1-12-3-2-4-14(9-12)21-25-18-8-6-15(11-19(18)27-21)24-20(26)13-5-7-16(22)17(23)10-13/h2-11H,1H3,(H,24,26). The number of fused-ring (bicyclic) bond motifs is 1. The van der Waals surface area contributed by atoms with Crippen molar-refractivity contribution in [3.8, 4) is 11.5 Å². The van der Waals surface area contributed by atoms with Gasteiger partial charge in [-0.15, -0.1) is 0 Å². The van der Waals surface area contributed by atoms with Gasteiger partial charge in [0.1, 0.15) is 5.52 Å². The van der Waals surface area contributed by atoms with Gasteiger partial charge in [-0.3, -0.25) is 4.79 Å². The van der Waals surface area contributed by atoms with Crippen molar-refractivity contribution in [2.75, 3.05) is 5.32 Å². The van der Waals surface area contributed by atoms with Gasteiger partial charge in [-0.05, 0) is 49.4 Å². The Balaban J connectivity index is 1.61. The van der Waals surface area contributed by atoms with E-state index in [2.05, 4.69) is 10.3 Å². The SMILES string of the molecule is Cc1cccc(-c2nc3ccc(NC(=O)c4ccc(Cl)c(Cl)c4)cc3o2)c1. The van der Waals surface area contributed by atoms with Crippen LogP contribution in [0, 0.1) is 6.92 Å². The van der Waals surface area contributed by atoms with Gasteiger partial charge in [0.2, 0.25) is 5.89 Å². The van der Waals surface area contributed by atoms with E-state index in [4.69, 9.17) is 27.6 Å². The number of aryl methyl sites for hydroxylation is 1. The number of rotatable bonds is 3. The quantitative estimate of drug-likeness (QED) is 0.438. The Labute approximate surface area is 165 Å². The lowest BCUT2D eigenvalue weighted by molar-refractivity contribution is 0.102. The summed E-state index contributed by atoms with van der Waals surface area (Å²) in [6.45, 7) is 2.02. The molecule has 27 heavy (non-hydrogen) atoms. The normalized spacial score (nSPS) is 10.9. The summed E-state index contributed by atoms with van der Waals surface area (Å²) in [7, 11) is 0. The molecule has 6 heteroatoms. The zero-order valence-corrected chi connectivity index (χ0v) is 15.8. The van der Waals surface area contributed by atoms with Gasteiger partial charge in [-0.2, -0.15) is 0 Å². The summed E-state index contributed by atoms with van der Waals surface area (Å²) < 4.78 is 5.87. The highest BCUT2D eigenvalue weighted by molar-refractivity contribution is 6.42. The van der Waals surface area contributed by atoms with Crippen molar-refractivity contribution in [3.63, 3.8) is 0 Å². The summed E-state index contributed by atoms with van der Waals surface area (Å²) >= 11 is 11.9. The zero-order chi connectivity index (χ0) is 19.0. The molecule has 1 N–H and O–H groups in total. The van der Waals surface area contributed by atoms with Gasteiger partial charge in [0, 0.05) is 22.9 Å². The first-order chi connectivity index (χ1) is 13.0. The number of carbonyl (C=O) groups is 1. The predicted molar refractivity (Wildman–Crippen MR) is 109 cm³/mol. The molecule has 4 aromatic rings. The Hall–Kier alpha value is -2.82. The summed E-state index contributed by atoms with van der Waals surface area (Å²) in [6.07, 6.45) is 0. The van der Waals surface area contributed by atoms with Crippen molar-refractivity contribution in [3.05, 3.63) is 81.8 Å². The average Bonchev–Trinajstić information content (AvgIpc) is 3.07. The topological polar surface area (TPSA) is 55.1 Å². The van der Waals surface area contributed by atoms with Gasteiger partial charge in [0.25, 0.3) is 5.91 Å². The molecule has 1 amide bonds. The first-order valence-corrected chi connectivity index (χ1v) is 8.99. The summed E-state index contributed by atoms with van der Waals surface area (Å²) in [5, 5.41) is 3.56. The Kier molecular flexibility index (Phi) is 4.60. The molecule has 0 radical (unpaired) electrons. The molecule has 0 atom stereocenters. The predicted octanol–water partition coefficient (Wildman–Crippen LogP) is 6.36. The van der Waals surface area contributed by atoms with Gasteiger partial charge >= 0.3 is 0 Å². The van der Waals surface area contributed by atoms with Crippen LogP contribution in [0.25, 0.3) is 22.6 Å². The lowest BCUT2D eigenvalue weighted by Gasteiger charge is -2.06. The van der Waals surface area contributed by atoms with Crippen molar-refractivity contribution >= 4 is 45.9 Å². The van der Waals surface area contributed by atoms with Crippen LogP contribution in [0.5, 0.6) is 0 Å². The number of benzene rings is 3. The van der Waals surface area contributed by atoms with Crippen molar-refractivity contribution in [2.45, 2.75) is 6.92 Å². The third-order valence-corrected chi connectivity index (χ3v) is 4.83. The van der Waals surface area contributed by atoms with Crippen molar-refractivity contribution < 1.29 is 9.21 Å². The van der Waals surface area contributed by atoms with E-state index in [0.29, 0.717) is 32.8 Å². The number of hydrogen-bond donors (Lipinski definition) is 1. The third-order valence-electron chi connectivity index (χ3n) is 4.09. The maximum absolute atomic E-state index is 12.4. The van der Waals surface area contributed by atoms with Crippen LogP contribution in [0.1, 0.15) is 15.9 Å². The molecule has 0 bridgehead atoms. The second-order valence-corrected chi connectivity index (χ2v) is 6.97. The van der Waals surface area contributed by atoms with Crippen LogP contribution >= 0.6 is 23.2 Å². The van der Waals surface area contributed by atoms with E-state index in [-0.39, 0.29) is 5.91 Å². The highest BCUT2D eigenvalue weighted by Crippen LogP contribution is 2.27. The Bertz CT molecular complexity index is 1170. The number of amides is 1. The minimum absolute atomic E-state index is 0.286. The Morgan fingerprint density at radius 1 is 1.00 bits per heavy atom. The van der Waals surface area contributed by atoms with Crippen LogP contribution < -0.4 is 5.32 Å². The van der Waals surface area contributed by atoms with Gasteiger partial charge in [0.15, 0.2) is 5.58 Å².